The molecule has 0 amide bonds. The van der Waals surface area contributed by atoms with Crippen LogP contribution in [0.2, 0.25) is 0 Å². The van der Waals surface area contributed by atoms with Gasteiger partial charge in [0, 0.05) is 24.2 Å². The molecule has 1 saturated heterocycles. The van der Waals surface area contributed by atoms with E-state index in [1.54, 1.807) is 12.1 Å². The van der Waals surface area contributed by atoms with E-state index in [-0.39, 0.29) is 22.8 Å². The lowest BCUT2D eigenvalue weighted by molar-refractivity contribution is 0.101. The fraction of sp³-hybridized carbons (Fsp3) is 0.533. The molecule has 1 fully saturated rings. The average molecular weight is 310 g/mol. The summed E-state index contributed by atoms with van der Waals surface area (Å²) in [6.07, 6.45) is 2.61. The molecule has 21 heavy (non-hydrogen) atoms. The van der Waals surface area contributed by atoms with Crippen LogP contribution < -0.4 is 5.73 Å². The van der Waals surface area contributed by atoms with Gasteiger partial charge >= 0.3 is 0 Å². The summed E-state index contributed by atoms with van der Waals surface area (Å²) in [6.45, 7) is 3.65. The Morgan fingerprint density at radius 1 is 1.38 bits per heavy atom. The van der Waals surface area contributed by atoms with Crippen LogP contribution in [0.4, 0.5) is 0 Å². The van der Waals surface area contributed by atoms with Crippen molar-refractivity contribution in [1.82, 2.24) is 4.31 Å². The average Bonchev–Trinajstić information content (AvgIpc) is 2.46. The predicted molar refractivity (Wildman–Crippen MR) is 81.6 cm³/mol. The van der Waals surface area contributed by atoms with Crippen LogP contribution in [-0.2, 0) is 10.0 Å². The Bertz CT molecular complexity index is 628. The molecule has 0 radical (unpaired) electrons. The summed E-state index contributed by atoms with van der Waals surface area (Å²) in [5.74, 6) is -0.144. The number of nitrogens with two attached hydrogens (primary N) is 1. The highest BCUT2D eigenvalue weighted by Gasteiger charge is 2.37. The van der Waals surface area contributed by atoms with E-state index in [9.17, 15) is 13.2 Å². The first-order chi connectivity index (χ1) is 9.87. The van der Waals surface area contributed by atoms with Gasteiger partial charge in [-0.15, -0.1) is 0 Å². The van der Waals surface area contributed by atoms with Crippen molar-refractivity contribution in [2.75, 3.05) is 6.54 Å². The van der Waals surface area contributed by atoms with Crippen molar-refractivity contribution < 1.29 is 13.2 Å². The van der Waals surface area contributed by atoms with Crippen LogP contribution in [0.5, 0.6) is 0 Å². The van der Waals surface area contributed by atoms with E-state index >= 15 is 0 Å². The molecule has 1 aliphatic rings. The van der Waals surface area contributed by atoms with Crippen molar-refractivity contribution in [2.45, 2.75) is 50.1 Å². The van der Waals surface area contributed by atoms with Gasteiger partial charge in [-0.25, -0.2) is 8.42 Å². The highest BCUT2D eigenvalue weighted by molar-refractivity contribution is 7.89. The molecular formula is C15H22N2O3S. The van der Waals surface area contributed by atoms with Gasteiger partial charge < -0.3 is 5.73 Å². The van der Waals surface area contributed by atoms with Crippen molar-refractivity contribution >= 4 is 15.8 Å². The molecule has 6 heteroatoms. The van der Waals surface area contributed by atoms with Crippen molar-refractivity contribution in [1.29, 1.82) is 0 Å². The van der Waals surface area contributed by atoms with Crippen molar-refractivity contribution in [3.8, 4) is 0 Å². The number of piperidine rings is 1. The number of carbonyl (C=O) groups is 1. The highest BCUT2D eigenvalue weighted by Crippen LogP contribution is 2.29. The molecule has 1 heterocycles. The molecule has 1 aromatic carbocycles. The molecule has 1 aliphatic heterocycles. The minimum absolute atomic E-state index is 0.0710. The number of benzene rings is 1. The molecule has 116 valence electrons. The first-order valence-corrected chi connectivity index (χ1v) is 8.66. The van der Waals surface area contributed by atoms with Gasteiger partial charge in [-0.05, 0) is 38.8 Å². The SMILES string of the molecule is CC(=O)c1cccc(S(=O)(=O)N2C(C)CCCC2CN)c1. The van der Waals surface area contributed by atoms with Crippen LogP contribution in [0, 0.1) is 0 Å². The van der Waals surface area contributed by atoms with Gasteiger partial charge in [0.15, 0.2) is 5.78 Å². The number of ketones is 1. The molecule has 2 rings (SSSR count). The third-order valence-electron chi connectivity index (χ3n) is 4.04. The molecule has 2 N–H and O–H groups in total. The second kappa shape index (κ2) is 6.25. The van der Waals surface area contributed by atoms with Gasteiger partial charge in [-0.2, -0.15) is 4.31 Å². The Labute approximate surface area is 126 Å². The molecular weight excluding hydrogens is 288 g/mol. The van der Waals surface area contributed by atoms with Crippen LogP contribution in [-0.4, -0.2) is 37.1 Å². The maximum Gasteiger partial charge on any atom is 0.243 e. The Morgan fingerprint density at radius 3 is 2.71 bits per heavy atom. The monoisotopic (exact) mass is 310 g/mol. The van der Waals surface area contributed by atoms with Gasteiger partial charge in [-0.1, -0.05) is 18.6 Å². The van der Waals surface area contributed by atoms with Crippen LogP contribution in [0.15, 0.2) is 29.2 Å². The Kier molecular flexibility index (Phi) is 4.81. The molecule has 0 bridgehead atoms. The van der Waals surface area contributed by atoms with Crippen LogP contribution in [0.25, 0.3) is 0 Å². The van der Waals surface area contributed by atoms with E-state index in [2.05, 4.69) is 0 Å². The fourth-order valence-corrected chi connectivity index (χ4v) is 4.85. The third-order valence-corrected chi connectivity index (χ3v) is 6.10. The topological polar surface area (TPSA) is 80.5 Å². The number of hydrogen-bond acceptors (Lipinski definition) is 4. The Morgan fingerprint density at radius 2 is 2.10 bits per heavy atom. The van der Waals surface area contributed by atoms with Crippen LogP contribution in [0.1, 0.15) is 43.5 Å². The lowest BCUT2D eigenvalue weighted by Crippen LogP contribution is -2.51. The molecule has 0 aliphatic carbocycles. The maximum atomic E-state index is 12.9. The van der Waals surface area contributed by atoms with Crippen molar-refractivity contribution in [3.63, 3.8) is 0 Å². The largest absolute Gasteiger partial charge is 0.329 e. The second-order valence-corrected chi connectivity index (χ2v) is 7.43. The summed E-state index contributed by atoms with van der Waals surface area (Å²) in [6, 6.07) is 5.98. The third kappa shape index (κ3) is 3.17. The molecule has 0 saturated carbocycles. The minimum atomic E-state index is -3.63. The first kappa shape index (κ1) is 16.1. The van der Waals surface area contributed by atoms with E-state index in [1.165, 1.54) is 23.4 Å². The minimum Gasteiger partial charge on any atom is -0.329 e. The summed E-state index contributed by atoms with van der Waals surface area (Å²) in [7, 11) is -3.63. The zero-order chi connectivity index (χ0) is 15.6. The zero-order valence-electron chi connectivity index (χ0n) is 12.5. The smallest absolute Gasteiger partial charge is 0.243 e. The Hall–Kier alpha value is -1.24. The van der Waals surface area contributed by atoms with Crippen LogP contribution in [0.3, 0.4) is 0 Å². The summed E-state index contributed by atoms with van der Waals surface area (Å²) in [4.78, 5) is 11.6. The Balaban J connectivity index is 2.44. The van der Waals surface area contributed by atoms with Gasteiger partial charge in [-0.3, -0.25) is 4.79 Å². The summed E-state index contributed by atoms with van der Waals surface area (Å²) in [5, 5.41) is 0. The second-order valence-electron chi connectivity index (χ2n) is 5.59. The predicted octanol–water partition coefficient (Wildman–Crippen LogP) is 1.78. The van der Waals surface area contributed by atoms with Gasteiger partial charge in [0.2, 0.25) is 10.0 Å². The number of Topliss-reactive ketones (excluding diaryl/α,β-unsaturated/α-hetero) is 1. The number of hydrogen-bond donors (Lipinski definition) is 1. The van der Waals surface area contributed by atoms with E-state index in [0.29, 0.717) is 12.1 Å². The molecule has 0 aromatic heterocycles. The fourth-order valence-electron chi connectivity index (χ4n) is 2.92. The standard InChI is InChI=1S/C15H22N2O3S/c1-11-5-3-7-14(10-16)17(11)21(19,20)15-8-4-6-13(9-15)12(2)18/h4,6,8-9,11,14H,3,5,7,10,16H2,1-2H3. The molecule has 2 unspecified atom stereocenters. The summed E-state index contributed by atoms with van der Waals surface area (Å²) in [5.41, 5.74) is 6.16. The molecule has 0 spiro atoms. The van der Waals surface area contributed by atoms with Crippen molar-refractivity contribution in [3.05, 3.63) is 29.8 Å². The maximum absolute atomic E-state index is 12.9. The van der Waals surface area contributed by atoms with Gasteiger partial charge in [0.05, 0.1) is 4.90 Å². The lowest BCUT2D eigenvalue weighted by Gasteiger charge is -2.39. The molecule has 1 aromatic rings. The van der Waals surface area contributed by atoms with E-state index in [0.717, 1.165) is 19.3 Å². The number of nitrogens with zero attached hydrogens (tertiary/aromatic N) is 1. The van der Waals surface area contributed by atoms with Gasteiger partial charge in [0.25, 0.3) is 0 Å². The molecule has 2 atom stereocenters. The van der Waals surface area contributed by atoms with Gasteiger partial charge in [0.1, 0.15) is 0 Å². The zero-order valence-corrected chi connectivity index (χ0v) is 13.3. The molecule has 5 nitrogen and oxygen atoms in total. The summed E-state index contributed by atoms with van der Waals surface area (Å²) >= 11 is 0. The normalized spacial score (nSPS) is 24.0. The quantitative estimate of drug-likeness (QED) is 0.860. The highest BCUT2D eigenvalue weighted by atomic mass is 32.2. The summed E-state index contributed by atoms with van der Waals surface area (Å²) < 4.78 is 27.3. The lowest BCUT2D eigenvalue weighted by atomic mass is 10.00. The first-order valence-electron chi connectivity index (χ1n) is 7.22. The van der Waals surface area contributed by atoms with Crippen LogP contribution >= 0.6 is 0 Å². The van der Waals surface area contributed by atoms with E-state index < -0.39 is 10.0 Å². The number of rotatable bonds is 4. The van der Waals surface area contributed by atoms with Crippen molar-refractivity contribution in [2.24, 2.45) is 5.73 Å². The van der Waals surface area contributed by atoms with E-state index in [4.69, 9.17) is 5.73 Å². The van der Waals surface area contributed by atoms with E-state index in [1.807, 2.05) is 6.92 Å². The number of sulfonamides is 1. The number of carbonyl (C=O) groups excluding carboxylic acids is 1.